The molecule has 1 fully saturated rings. The highest BCUT2D eigenvalue weighted by molar-refractivity contribution is 9.09. The number of ether oxygens (including phenoxy) is 1. The summed E-state index contributed by atoms with van der Waals surface area (Å²) >= 11 is 3.40. The Morgan fingerprint density at radius 2 is 2.11 bits per heavy atom. The van der Waals surface area contributed by atoms with E-state index in [0.717, 1.165) is 0 Å². The summed E-state index contributed by atoms with van der Waals surface area (Å²) in [5, 5.41) is 9.10. The maximum atomic E-state index is 9.10. The molecule has 2 rings (SSSR count). The van der Waals surface area contributed by atoms with Crippen molar-refractivity contribution in [3.63, 3.8) is 0 Å². The smallest absolute Gasteiger partial charge is 0.115 e. The Hall–Kier alpha value is 0.140. The topological polar surface area (TPSA) is 32.8 Å². The molecule has 1 saturated heterocycles. The first-order valence-corrected chi connectivity index (χ1v) is 3.86. The van der Waals surface area contributed by atoms with Crippen molar-refractivity contribution in [3.8, 4) is 0 Å². The number of hydrogen-bond donors (Lipinski definition) is 1. The van der Waals surface area contributed by atoms with Gasteiger partial charge >= 0.3 is 0 Å². The summed E-state index contributed by atoms with van der Waals surface area (Å²) in [5.74, 6) is 0. The zero-order valence-electron chi connectivity index (χ0n) is 4.70. The van der Waals surface area contributed by atoms with Gasteiger partial charge in [-0.25, -0.2) is 0 Å². The highest BCUT2D eigenvalue weighted by Crippen LogP contribution is 2.36. The molecule has 0 aromatic rings. The third kappa shape index (κ3) is 0.838. The Kier molecular flexibility index (Phi) is 1.18. The molecule has 2 aliphatic rings. The van der Waals surface area contributed by atoms with E-state index in [1.54, 1.807) is 6.08 Å². The standard InChI is InChI=1S/C6H7BrO2/c7-3-1-2-4(8)6-5(3)9-6/h1-6,8H/t3-,4-,5-,6+/m0/s1. The van der Waals surface area contributed by atoms with Gasteiger partial charge in [-0.15, -0.1) is 0 Å². The second-order valence-electron chi connectivity index (χ2n) is 2.39. The van der Waals surface area contributed by atoms with Crippen molar-refractivity contribution in [2.24, 2.45) is 0 Å². The zero-order chi connectivity index (χ0) is 6.43. The van der Waals surface area contributed by atoms with Gasteiger partial charge in [-0.2, -0.15) is 0 Å². The second kappa shape index (κ2) is 1.81. The van der Waals surface area contributed by atoms with Crippen LogP contribution in [-0.2, 0) is 4.74 Å². The zero-order valence-corrected chi connectivity index (χ0v) is 6.28. The van der Waals surface area contributed by atoms with E-state index in [0.29, 0.717) is 4.83 Å². The van der Waals surface area contributed by atoms with E-state index in [1.165, 1.54) is 0 Å². The summed E-state index contributed by atoms with van der Waals surface area (Å²) in [6.07, 6.45) is 3.63. The fourth-order valence-corrected chi connectivity index (χ4v) is 1.71. The maximum Gasteiger partial charge on any atom is 0.115 e. The normalized spacial score (nSPS) is 54.9. The van der Waals surface area contributed by atoms with Crippen molar-refractivity contribution >= 4 is 15.9 Å². The third-order valence-corrected chi connectivity index (χ3v) is 2.53. The van der Waals surface area contributed by atoms with Crippen LogP contribution in [0.25, 0.3) is 0 Å². The molecule has 50 valence electrons. The van der Waals surface area contributed by atoms with Gasteiger partial charge in [0.15, 0.2) is 0 Å². The number of halogens is 1. The lowest BCUT2D eigenvalue weighted by atomic mass is 10.1. The molecule has 2 nitrogen and oxygen atoms in total. The van der Waals surface area contributed by atoms with Gasteiger partial charge in [-0.05, 0) is 0 Å². The first-order chi connectivity index (χ1) is 4.29. The van der Waals surface area contributed by atoms with Crippen LogP contribution in [0, 0.1) is 0 Å². The van der Waals surface area contributed by atoms with Crippen molar-refractivity contribution < 1.29 is 9.84 Å². The van der Waals surface area contributed by atoms with Gasteiger partial charge in [-0.1, -0.05) is 28.1 Å². The van der Waals surface area contributed by atoms with E-state index >= 15 is 0 Å². The van der Waals surface area contributed by atoms with E-state index in [4.69, 9.17) is 9.84 Å². The molecule has 0 aromatic carbocycles. The molecule has 4 atom stereocenters. The Bertz CT molecular complexity index is 141. The van der Waals surface area contributed by atoms with Gasteiger partial charge in [0.05, 0.1) is 4.83 Å². The van der Waals surface area contributed by atoms with Crippen molar-refractivity contribution in [2.75, 3.05) is 0 Å². The van der Waals surface area contributed by atoms with E-state index < -0.39 is 0 Å². The third-order valence-electron chi connectivity index (χ3n) is 1.70. The first-order valence-electron chi connectivity index (χ1n) is 2.95. The minimum atomic E-state index is -0.371. The monoisotopic (exact) mass is 190 g/mol. The average molecular weight is 191 g/mol. The van der Waals surface area contributed by atoms with Crippen LogP contribution in [0.4, 0.5) is 0 Å². The molecule has 3 heteroatoms. The van der Waals surface area contributed by atoms with Crippen LogP contribution >= 0.6 is 15.9 Å². The molecule has 0 saturated carbocycles. The van der Waals surface area contributed by atoms with Crippen LogP contribution in [-0.4, -0.2) is 28.2 Å². The number of epoxide rings is 1. The molecule has 0 unspecified atom stereocenters. The van der Waals surface area contributed by atoms with E-state index in [9.17, 15) is 0 Å². The number of hydrogen-bond acceptors (Lipinski definition) is 2. The van der Waals surface area contributed by atoms with Crippen LogP contribution in [0.5, 0.6) is 0 Å². The number of aliphatic hydroxyl groups is 1. The van der Waals surface area contributed by atoms with Crippen LogP contribution in [0.15, 0.2) is 12.2 Å². The lowest BCUT2D eigenvalue weighted by Crippen LogP contribution is -2.22. The fraction of sp³-hybridized carbons (Fsp3) is 0.667. The van der Waals surface area contributed by atoms with Crippen molar-refractivity contribution in [1.82, 2.24) is 0 Å². The van der Waals surface area contributed by atoms with Crippen LogP contribution in [0.1, 0.15) is 0 Å². The SMILES string of the molecule is O[C@H]1C=C[C@H](Br)[C@@H]2O[C@@H]21. The van der Waals surface area contributed by atoms with Gasteiger partial charge in [0.2, 0.25) is 0 Å². The maximum absolute atomic E-state index is 9.10. The number of alkyl halides is 1. The van der Waals surface area contributed by atoms with Crippen molar-refractivity contribution in [3.05, 3.63) is 12.2 Å². The lowest BCUT2D eigenvalue weighted by Gasteiger charge is -2.07. The number of aliphatic hydroxyl groups excluding tert-OH is 1. The predicted octanol–water partition coefficient (Wildman–Crippen LogP) is 0.448. The molecule has 1 heterocycles. The summed E-state index contributed by atoms with van der Waals surface area (Å²) in [4.78, 5) is 0.311. The van der Waals surface area contributed by atoms with Crippen LogP contribution in [0.2, 0.25) is 0 Å². The molecule has 0 spiro atoms. The Morgan fingerprint density at radius 3 is 2.78 bits per heavy atom. The van der Waals surface area contributed by atoms with Gasteiger partial charge < -0.3 is 9.84 Å². The molecule has 0 amide bonds. The summed E-state index contributed by atoms with van der Waals surface area (Å²) < 4.78 is 5.14. The lowest BCUT2D eigenvalue weighted by molar-refractivity contribution is 0.178. The summed E-state index contributed by atoms with van der Waals surface area (Å²) in [6, 6.07) is 0. The predicted molar refractivity (Wildman–Crippen MR) is 36.5 cm³/mol. The van der Waals surface area contributed by atoms with Crippen LogP contribution < -0.4 is 0 Å². The average Bonchev–Trinajstić information content (AvgIpc) is 2.57. The molecular formula is C6H7BrO2. The van der Waals surface area contributed by atoms with E-state index in [2.05, 4.69) is 15.9 Å². The molecule has 1 N–H and O–H groups in total. The quantitative estimate of drug-likeness (QED) is 0.342. The van der Waals surface area contributed by atoms with E-state index in [1.807, 2.05) is 6.08 Å². The Labute approximate surface area is 61.6 Å². The highest BCUT2D eigenvalue weighted by Gasteiger charge is 2.49. The fourth-order valence-electron chi connectivity index (χ4n) is 1.11. The molecule has 0 aromatic heterocycles. The number of rotatable bonds is 0. The minimum absolute atomic E-state index is 0.0689. The first kappa shape index (κ1) is 5.89. The minimum Gasteiger partial charge on any atom is -0.386 e. The Balaban J connectivity index is 2.15. The van der Waals surface area contributed by atoms with Gasteiger partial charge in [0, 0.05) is 0 Å². The number of fused-ring (bicyclic) bond motifs is 1. The molecule has 0 radical (unpaired) electrons. The molecule has 1 aliphatic heterocycles. The van der Waals surface area contributed by atoms with E-state index in [-0.39, 0.29) is 18.3 Å². The van der Waals surface area contributed by atoms with Crippen LogP contribution in [0.3, 0.4) is 0 Å². The molecular weight excluding hydrogens is 184 g/mol. The van der Waals surface area contributed by atoms with Crippen molar-refractivity contribution in [1.29, 1.82) is 0 Å². The summed E-state index contributed by atoms with van der Waals surface area (Å²) in [7, 11) is 0. The van der Waals surface area contributed by atoms with Gasteiger partial charge in [0.1, 0.15) is 18.3 Å². The second-order valence-corrected chi connectivity index (χ2v) is 3.44. The summed E-state index contributed by atoms with van der Waals surface area (Å²) in [5.41, 5.74) is 0. The van der Waals surface area contributed by atoms with Gasteiger partial charge in [0.25, 0.3) is 0 Å². The molecule has 0 bridgehead atoms. The molecule has 9 heavy (non-hydrogen) atoms. The molecule has 1 aliphatic carbocycles. The Morgan fingerprint density at radius 1 is 1.33 bits per heavy atom. The summed E-state index contributed by atoms with van der Waals surface area (Å²) in [6.45, 7) is 0. The highest BCUT2D eigenvalue weighted by atomic mass is 79.9. The largest absolute Gasteiger partial charge is 0.386 e. The van der Waals surface area contributed by atoms with Crippen molar-refractivity contribution in [2.45, 2.75) is 23.1 Å². The van der Waals surface area contributed by atoms with Gasteiger partial charge in [-0.3, -0.25) is 0 Å².